The SMILES string of the molecule is CCCCNC(=O)SCCOCCOCCSC(=O)NCCCC. The first-order valence-corrected chi connectivity index (χ1v) is 10.6. The molecule has 0 aliphatic heterocycles. The first-order chi connectivity index (χ1) is 11.7. The Morgan fingerprint density at radius 3 is 1.54 bits per heavy atom. The fourth-order valence-corrected chi connectivity index (χ4v) is 2.73. The highest BCUT2D eigenvalue weighted by molar-refractivity contribution is 8.13. The van der Waals surface area contributed by atoms with Gasteiger partial charge in [-0.3, -0.25) is 9.59 Å². The van der Waals surface area contributed by atoms with E-state index in [1.54, 1.807) is 0 Å². The van der Waals surface area contributed by atoms with E-state index in [0.717, 1.165) is 38.8 Å². The van der Waals surface area contributed by atoms with Gasteiger partial charge in [0.25, 0.3) is 10.5 Å². The molecule has 0 fully saturated rings. The first kappa shape index (κ1) is 23.6. The maximum absolute atomic E-state index is 11.4. The van der Waals surface area contributed by atoms with Crippen molar-refractivity contribution >= 4 is 34.0 Å². The molecule has 0 unspecified atom stereocenters. The zero-order chi connectivity index (χ0) is 17.9. The minimum Gasteiger partial charge on any atom is -0.378 e. The molecule has 142 valence electrons. The Morgan fingerprint density at radius 1 is 0.750 bits per heavy atom. The van der Waals surface area contributed by atoms with Gasteiger partial charge in [-0.2, -0.15) is 0 Å². The molecular weight excluding hydrogens is 348 g/mol. The summed E-state index contributed by atoms with van der Waals surface area (Å²) in [5, 5.41) is 5.71. The summed E-state index contributed by atoms with van der Waals surface area (Å²) in [6, 6.07) is 0. The van der Waals surface area contributed by atoms with Crippen LogP contribution in [0.25, 0.3) is 0 Å². The van der Waals surface area contributed by atoms with Gasteiger partial charge >= 0.3 is 0 Å². The highest BCUT2D eigenvalue weighted by Gasteiger charge is 2.02. The number of nitrogens with one attached hydrogen (secondary N) is 2. The predicted octanol–water partition coefficient (Wildman–Crippen LogP) is 3.51. The topological polar surface area (TPSA) is 76.7 Å². The summed E-state index contributed by atoms with van der Waals surface area (Å²) < 4.78 is 10.8. The summed E-state index contributed by atoms with van der Waals surface area (Å²) >= 11 is 2.49. The third-order valence-electron chi connectivity index (χ3n) is 2.89. The van der Waals surface area contributed by atoms with Gasteiger partial charge in [-0.25, -0.2) is 0 Å². The summed E-state index contributed by atoms with van der Waals surface area (Å²) in [5.74, 6) is 1.29. The van der Waals surface area contributed by atoms with Crippen LogP contribution in [0.4, 0.5) is 9.59 Å². The van der Waals surface area contributed by atoms with E-state index in [0.29, 0.717) is 37.9 Å². The summed E-state index contributed by atoms with van der Waals surface area (Å²) in [5.41, 5.74) is 0. The highest BCUT2D eigenvalue weighted by Crippen LogP contribution is 2.02. The van der Waals surface area contributed by atoms with Crippen molar-refractivity contribution in [3.8, 4) is 0 Å². The van der Waals surface area contributed by atoms with Crippen molar-refractivity contribution in [3.05, 3.63) is 0 Å². The molecule has 6 nitrogen and oxygen atoms in total. The van der Waals surface area contributed by atoms with Gasteiger partial charge in [-0.1, -0.05) is 50.2 Å². The number of thioether (sulfide) groups is 2. The molecule has 0 rings (SSSR count). The molecule has 0 bridgehead atoms. The lowest BCUT2D eigenvalue weighted by atomic mass is 10.3. The average molecular weight is 381 g/mol. The van der Waals surface area contributed by atoms with Crippen molar-refractivity contribution in [1.29, 1.82) is 0 Å². The quantitative estimate of drug-likeness (QED) is 0.423. The largest absolute Gasteiger partial charge is 0.378 e. The number of carbonyl (C=O) groups excluding carboxylic acids is 2. The van der Waals surface area contributed by atoms with Crippen LogP contribution in [-0.4, -0.2) is 61.5 Å². The number of hydrogen-bond acceptors (Lipinski definition) is 6. The van der Waals surface area contributed by atoms with E-state index in [2.05, 4.69) is 24.5 Å². The maximum atomic E-state index is 11.4. The molecule has 0 aromatic carbocycles. The lowest BCUT2D eigenvalue weighted by Crippen LogP contribution is -2.21. The molecule has 24 heavy (non-hydrogen) atoms. The second kappa shape index (κ2) is 18.9. The summed E-state index contributed by atoms with van der Waals surface area (Å²) in [6.07, 6.45) is 4.18. The van der Waals surface area contributed by atoms with Crippen molar-refractivity contribution in [2.24, 2.45) is 0 Å². The van der Waals surface area contributed by atoms with Gasteiger partial charge in [-0.15, -0.1) is 0 Å². The molecule has 0 saturated carbocycles. The normalized spacial score (nSPS) is 10.6. The van der Waals surface area contributed by atoms with Crippen LogP contribution >= 0.6 is 23.5 Å². The average Bonchev–Trinajstić information content (AvgIpc) is 2.57. The third-order valence-corrected chi connectivity index (χ3v) is 4.45. The molecule has 8 heteroatoms. The lowest BCUT2D eigenvalue weighted by Gasteiger charge is -2.06. The van der Waals surface area contributed by atoms with E-state index in [1.165, 1.54) is 23.5 Å². The van der Waals surface area contributed by atoms with Gasteiger partial charge in [0.05, 0.1) is 26.4 Å². The molecule has 0 atom stereocenters. The molecule has 0 saturated heterocycles. The molecule has 0 aliphatic carbocycles. The van der Waals surface area contributed by atoms with E-state index in [1.807, 2.05) is 0 Å². The highest BCUT2D eigenvalue weighted by atomic mass is 32.2. The molecule has 0 spiro atoms. The minimum absolute atomic E-state index is 0.0116. The van der Waals surface area contributed by atoms with Crippen LogP contribution in [-0.2, 0) is 9.47 Å². The Balaban J connectivity index is 3.20. The first-order valence-electron chi connectivity index (χ1n) is 8.67. The smallest absolute Gasteiger partial charge is 0.279 e. The summed E-state index contributed by atoms with van der Waals surface area (Å²) in [7, 11) is 0. The van der Waals surface area contributed by atoms with Crippen LogP contribution in [0.15, 0.2) is 0 Å². The molecule has 0 aromatic rings. The number of hydrogen-bond donors (Lipinski definition) is 2. The van der Waals surface area contributed by atoms with Crippen LogP contribution in [0.1, 0.15) is 39.5 Å². The molecule has 0 aliphatic rings. The van der Waals surface area contributed by atoms with Gasteiger partial charge in [0.15, 0.2) is 0 Å². The van der Waals surface area contributed by atoms with E-state index in [9.17, 15) is 9.59 Å². The second-order valence-electron chi connectivity index (χ2n) is 5.06. The van der Waals surface area contributed by atoms with Crippen LogP contribution < -0.4 is 10.6 Å². The molecule has 0 heterocycles. The predicted molar refractivity (Wildman–Crippen MR) is 103 cm³/mol. The minimum atomic E-state index is 0.0116. The van der Waals surface area contributed by atoms with E-state index in [-0.39, 0.29) is 10.5 Å². The Kier molecular flexibility index (Phi) is 18.5. The Bertz CT molecular complexity index is 290. The zero-order valence-electron chi connectivity index (χ0n) is 14.9. The molecule has 0 aromatic heterocycles. The van der Waals surface area contributed by atoms with E-state index in [4.69, 9.17) is 9.47 Å². The van der Waals surface area contributed by atoms with Crippen molar-refractivity contribution in [3.63, 3.8) is 0 Å². The van der Waals surface area contributed by atoms with Crippen molar-refractivity contribution in [2.45, 2.75) is 39.5 Å². The Labute approximate surface area is 154 Å². The summed E-state index contributed by atoms with van der Waals surface area (Å²) in [4.78, 5) is 22.8. The van der Waals surface area contributed by atoms with E-state index >= 15 is 0 Å². The van der Waals surface area contributed by atoms with Crippen LogP contribution in [0, 0.1) is 0 Å². The number of unbranched alkanes of at least 4 members (excludes halogenated alkanes) is 2. The molecule has 0 radical (unpaired) electrons. The Hall–Kier alpha value is -0.440. The van der Waals surface area contributed by atoms with Crippen LogP contribution in [0.2, 0.25) is 0 Å². The lowest BCUT2D eigenvalue weighted by molar-refractivity contribution is 0.0605. The zero-order valence-corrected chi connectivity index (χ0v) is 16.6. The third kappa shape index (κ3) is 17.9. The molecule has 2 amide bonds. The van der Waals surface area contributed by atoms with Gasteiger partial charge in [0.2, 0.25) is 0 Å². The maximum Gasteiger partial charge on any atom is 0.279 e. The van der Waals surface area contributed by atoms with Crippen LogP contribution in [0.3, 0.4) is 0 Å². The van der Waals surface area contributed by atoms with E-state index < -0.39 is 0 Å². The standard InChI is InChI=1S/C16H32N2O4S2/c1-3-5-7-17-15(19)23-13-11-21-9-10-22-12-14-24-16(20)18-8-6-4-2/h3-14H2,1-2H3,(H,17,19)(H,18,20). The fraction of sp³-hybridized carbons (Fsp3) is 0.875. The monoisotopic (exact) mass is 380 g/mol. The van der Waals surface area contributed by atoms with Gasteiger partial charge in [0, 0.05) is 24.6 Å². The van der Waals surface area contributed by atoms with Crippen molar-refractivity contribution < 1.29 is 19.1 Å². The summed E-state index contributed by atoms with van der Waals surface area (Å²) in [6.45, 7) is 7.74. The van der Waals surface area contributed by atoms with Gasteiger partial charge in [-0.05, 0) is 12.8 Å². The molecular formula is C16H32N2O4S2. The van der Waals surface area contributed by atoms with Gasteiger partial charge in [0.1, 0.15) is 0 Å². The van der Waals surface area contributed by atoms with Gasteiger partial charge < -0.3 is 20.1 Å². The molecule has 2 N–H and O–H groups in total. The number of carbonyl (C=O) groups is 2. The fourth-order valence-electron chi connectivity index (χ4n) is 1.55. The van der Waals surface area contributed by atoms with Crippen molar-refractivity contribution in [2.75, 3.05) is 51.0 Å². The Morgan fingerprint density at radius 2 is 1.17 bits per heavy atom. The number of rotatable bonds is 15. The second-order valence-corrected chi connectivity index (χ2v) is 7.19. The van der Waals surface area contributed by atoms with Crippen molar-refractivity contribution in [1.82, 2.24) is 10.6 Å². The number of amides is 2. The van der Waals surface area contributed by atoms with Crippen LogP contribution in [0.5, 0.6) is 0 Å². The number of ether oxygens (including phenoxy) is 2.